The first-order valence-electron chi connectivity index (χ1n) is 12.3. The molecule has 204 valence electrons. The third-order valence-corrected chi connectivity index (χ3v) is 6.07. The molecule has 0 aliphatic carbocycles. The molecule has 4 aromatic rings. The lowest BCUT2D eigenvalue weighted by Crippen LogP contribution is -2.25. The molecule has 0 fully saturated rings. The van der Waals surface area contributed by atoms with Gasteiger partial charge in [-0.1, -0.05) is 6.07 Å². The maximum atomic E-state index is 13.3. The number of hydrogen-bond acceptors (Lipinski definition) is 5. The number of benzene rings is 2. The van der Waals surface area contributed by atoms with E-state index >= 15 is 0 Å². The fourth-order valence-corrected chi connectivity index (χ4v) is 4.26. The second-order valence-electron chi connectivity index (χ2n) is 9.15. The molecule has 2 aromatic carbocycles. The van der Waals surface area contributed by atoms with Crippen molar-refractivity contribution < 1.29 is 32.2 Å². The Bertz CT molecular complexity index is 1510. The van der Waals surface area contributed by atoms with Gasteiger partial charge < -0.3 is 18.9 Å². The SMILES string of the molecule is CCOC(=O)c1c(N(C)C(C)=O)c2cc(-c3ccc(C(F)(F)F)cn3)ccc2n1-c1ccc(OC(C)C)cc1. The molecule has 0 aliphatic heterocycles. The van der Waals surface area contributed by atoms with Crippen molar-refractivity contribution >= 4 is 28.5 Å². The van der Waals surface area contributed by atoms with Gasteiger partial charge in [0, 0.05) is 36.8 Å². The molecule has 7 nitrogen and oxygen atoms in total. The van der Waals surface area contributed by atoms with Crippen molar-refractivity contribution in [2.45, 2.75) is 40.0 Å². The second kappa shape index (κ2) is 10.8. The van der Waals surface area contributed by atoms with E-state index in [2.05, 4.69) is 4.98 Å². The first-order chi connectivity index (χ1) is 18.4. The second-order valence-corrected chi connectivity index (χ2v) is 9.15. The number of carbonyl (C=O) groups excluding carboxylic acids is 2. The number of rotatable bonds is 7. The molecule has 0 N–H and O–H groups in total. The number of hydrogen-bond donors (Lipinski definition) is 0. The van der Waals surface area contributed by atoms with Crippen LogP contribution >= 0.6 is 0 Å². The highest BCUT2D eigenvalue weighted by Gasteiger charge is 2.31. The molecular formula is C29H28F3N3O4. The Labute approximate surface area is 223 Å². The van der Waals surface area contributed by atoms with Crippen molar-refractivity contribution in [2.24, 2.45) is 0 Å². The number of ether oxygens (including phenoxy) is 2. The van der Waals surface area contributed by atoms with Crippen LogP contribution in [0.1, 0.15) is 43.7 Å². The summed E-state index contributed by atoms with van der Waals surface area (Å²) >= 11 is 0. The minimum atomic E-state index is -4.51. The normalized spacial score (nSPS) is 11.6. The number of esters is 1. The van der Waals surface area contributed by atoms with Gasteiger partial charge >= 0.3 is 12.1 Å². The van der Waals surface area contributed by atoms with E-state index in [-0.39, 0.29) is 24.3 Å². The van der Waals surface area contributed by atoms with E-state index in [0.29, 0.717) is 39.3 Å². The van der Waals surface area contributed by atoms with Crippen molar-refractivity contribution in [2.75, 3.05) is 18.6 Å². The molecule has 0 atom stereocenters. The van der Waals surface area contributed by atoms with Gasteiger partial charge in [0.15, 0.2) is 5.69 Å². The first-order valence-corrected chi connectivity index (χ1v) is 12.3. The maximum Gasteiger partial charge on any atom is 0.417 e. The average molecular weight is 540 g/mol. The van der Waals surface area contributed by atoms with Crippen LogP contribution in [0.3, 0.4) is 0 Å². The highest BCUT2D eigenvalue weighted by molar-refractivity contribution is 6.13. The lowest BCUT2D eigenvalue weighted by Gasteiger charge is -2.18. The van der Waals surface area contributed by atoms with Crippen molar-refractivity contribution in [3.63, 3.8) is 0 Å². The topological polar surface area (TPSA) is 73.7 Å². The Kier molecular flexibility index (Phi) is 7.67. The van der Waals surface area contributed by atoms with Gasteiger partial charge in [-0.05, 0) is 69.3 Å². The van der Waals surface area contributed by atoms with Crippen LogP contribution in [-0.2, 0) is 15.7 Å². The van der Waals surface area contributed by atoms with Crippen LogP contribution in [0.5, 0.6) is 5.75 Å². The molecular weight excluding hydrogens is 511 g/mol. The minimum Gasteiger partial charge on any atom is -0.491 e. The van der Waals surface area contributed by atoms with E-state index in [9.17, 15) is 22.8 Å². The zero-order valence-corrected chi connectivity index (χ0v) is 22.2. The number of aromatic nitrogens is 2. The number of nitrogens with zero attached hydrogens (tertiary/aromatic N) is 3. The fraction of sp³-hybridized carbons (Fsp3) is 0.276. The van der Waals surface area contributed by atoms with Crippen LogP contribution in [0.25, 0.3) is 27.8 Å². The van der Waals surface area contributed by atoms with Gasteiger partial charge in [0.25, 0.3) is 0 Å². The van der Waals surface area contributed by atoms with Crippen LogP contribution in [0, 0.1) is 0 Å². The molecule has 4 rings (SSSR count). The van der Waals surface area contributed by atoms with Gasteiger partial charge in [0.05, 0.1) is 35.2 Å². The molecule has 2 heterocycles. The average Bonchev–Trinajstić information content (AvgIpc) is 3.22. The lowest BCUT2D eigenvalue weighted by atomic mass is 10.1. The van der Waals surface area contributed by atoms with Gasteiger partial charge in [0.2, 0.25) is 5.91 Å². The third kappa shape index (κ3) is 5.59. The summed E-state index contributed by atoms with van der Waals surface area (Å²) in [7, 11) is 1.55. The molecule has 0 bridgehead atoms. The number of pyridine rings is 1. The van der Waals surface area contributed by atoms with Crippen LogP contribution < -0.4 is 9.64 Å². The summed E-state index contributed by atoms with van der Waals surface area (Å²) in [6.07, 6.45) is -3.75. The lowest BCUT2D eigenvalue weighted by molar-refractivity contribution is -0.137. The summed E-state index contributed by atoms with van der Waals surface area (Å²) in [5, 5.41) is 0.525. The molecule has 0 spiro atoms. The third-order valence-electron chi connectivity index (χ3n) is 6.07. The molecule has 1 amide bonds. The van der Waals surface area contributed by atoms with Crippen molar-refractivity contribution in [3.05, 3.63) is 72.1 Å². The summed E-state index contributed by atoms with van der Waals surface area (Å²) < 4.78 is 52.0. The predicted molar refractivity (Wildman–Crippen MR) is 142 cm³/mol. The number of carbonyl (C=O) groups is 2. The maximum absolute atomic E-state index is 13.3. The molecule has 39 heavy (non-hydrogen) atoms. The molecule has 0 radical (unpaired) electrons. The molecule has 0 saturated carbocycles. The monoisotopic (exact) mass is 539 g/mol. The van der Waals surface area contributed by atoms with Gasteiger partial charge in [-0.3, -0.25) is 9.78 Å². The van der Waals surface area contributed by atoms with Crippen molar-refractivity contribution in [1.29, 1.82) is 0 Å². The van der Waals surface area contributed by atoms with Crippen LogP contribution in [-0.4, -0.2) is 41.2 Å². The summed E-state index contributed by atoms with van der Waals surface area (Å²) in [6.45, 7) is 7.01. The van der Waals surface area contributed by atoms with Gasteiger partial charge in [-0.2, -0.15) is 13.2 Å². The Morgan fingerprint density at radius 2 is 1.74 bits per heavy atom. The summed E-state index contributed by atoms with van der Waals surface area (Å²) in [6, 6.07) is 14.6. The van der Waals surface area contributed by atoms with E-state index in [0.717, 1.165) is 12.3 Å². The fourth-order valence-electron chi connectivity index (χ4n) is 4.26. The zero-order chi connectivity index (χ0) is 28.5. The van der Waals surface area contributed by atoms with E-state index < -0.39 is 17.7 Å². The number of anilines is 1. The van der Waals surface area contributed by atoms with Gasteiger partial charge in [-0.25, -0.2) is 4.79 Å². The molecule has 0 aliphatic rings. The van der Waals surface area contributed by atoms with Crippen LogP contribution in [0.4, 0.5) is 18.9 Å². The van der Waals surface area contributed by atoms with E-state index in [1.54, 1.807) is 61.0 Å². The summed E-state index contributed by atoms with van der Waals surface area (Å²) in [5.41, 5.74) is 1.64. The van der Waals surface area contributed by atoms with Crippen LogP contribution in [0.2, 0.25) is 0 Å². The Morgan fingerprint density at radius 1 is 1.05 bits per heavy atom. The Morgan fingerprint density at radius 3 is 2.28 bits per heavy atom. The summed E-state index contributed by atoms with van der Waals surface area (Å²) in [4.78, 5) is 31.2. The minimum absolute atomic E-state index is 0.0219. The van der Waals surface area contributed by atoms with E-state index in [1.165, 1.54) is 17.9 Å². The zero-order valence-electron chi connectivity index (χ0n) is 22.2. The van der Waals surface area contributed by atoms with Crippen molar-refractivity contribution in [3.8, 4) is 22.7 Å². The number of fused-ring (bicyclic) bond motifs is 1. The molecule has 10 heteroatoms. The van der Waals surface area contributed by atoms with Gasteiger partial charge in [-0.15, -0.1) is 0 Å². The largest absolute Gasteiger partial charge is 0.491 e. The Hall–Kier alpha value is -4.34. The highest BCUT2D eigenvalue weighted by Crippen LogP contribution is 2.39. The summed E-state index contributed by atoms with van der Waals surface area (Å²) in [5.74, 6) is -0.300. The number of amides is 1. The standard InChI is InChI=1S/C29H28F3N3O4/c1-6-38-28(37)27-26(34(5)18(4)36)23-15-19(24-13-8-20(16-33-24)29(30,31)32)7-14-25(23)35(27)21-9-11-22(12-10-21)39-17(2)3/h7-17H,6H2,1-5H3. The number of halogens is 3. The smallest absolute Gasteiger partial charge is 0.417 e. The quantitative estimate of drug-likeness (QED) is 0.246. The number of alkyl halides is 3. The molecule has 0 saturated heterocycles. The Balaban J connectivity index is 1.98. The van der Waals surface area contributed by atoms with Crippen molar-refractivity contribution in [1.82, 2.24) is 9.55 Å². The van der Waals surface area contributed by atoms with E-state index in [1.807, 2.05) is 13.8 Å². The van der Waals surface area contributed by atoms with E-state index in [4.69, 9.17) is 9.47 Å². The van der Waals surface area contributed by atoms with Gasteiger partial charge in [0.1, 0.15) is 5.75 Å². The molecule has 0 unspecified atom stereocenters. The predicted octanol–water partition coefficient (Wildman–Crippen LogP) is 6.66. The highest BCUT2D eigenvalue weighted by atomic mass is 19.4. The first kappa shape index (κ1) is 27.7. The molecule has 2 aromatic heterocycles. The van der Waals surface area contributed by atoms with Crippen LogP contribution in [0.15, 0.2) is 60.8 Å².